The average molecular weight is 343 g/mol. The summed E-state index contributed by atoms with van der Waals surface area (Å²) in [7, 11) is 1.61. The first-order chi connectivity index (χ1) is 11.7. The van der Waals surface area contributed by atoms with Gasteiger partial charge in [-0.05, 0) is 24.4 Å². The van der Waals surface area contributed by atoms with Gasteiger partial charge in [-0.25, -0.2) is 9.97 Å². The minimum absolute atomic E-state index is 0.110. The number of thiophene rings is 1. The van der Waals surface area contributed by atoms with Crippen LogP contribution in [0.1, 0.15) is 18.5 Å². The van der Waals surface area contributed by atoms with Gasteiger partial charge < -0.3 is 14.8 Å². The molecule has 0 aliphatic carbocycles. The lowest BCUT2D eigenvalue weighted by Crippen LogP contribution is -2.31. The number of ether oxygens (including phenoxy) is 2. The third-order valence-electron chi connectivity index (χ3n) is 3.55. The van der Waals surface area contributed by atoms with Crippen LogP contribution in [0.4, 0.5) is 0 Å². The highest BCUT2D eigenvalue weighted by Crippen LogP contribution is 2.26. The fourth-order valence-corrected chi connectivity index (χ4v) is 3.12. The Labute approximate surface area is 143 Å². The molecule has 1 aromatic carbocycles. The fourth-order valence-electron chi connectivity index (χ4n) is 2.40. The summed E-state index contributed by atoms with van der Waals surface area (Å²) in [4.78, 5) is 21.2. The zero-order valence-electron chi connectivity index (χ0n) is 13.4. The molecule has 0 fully saturated rings. The van der Waals surface area contributed by atoms with Crippen molar-refractivity contribution < 1.29 is 14.3 Å². The van der Waals surface area contributed by atoms with Crippen molar-refractivity contribution in [1.82, 2.24) is 15.3 Å². The van der Waals surface area contributed by atoms with Crippen molar-refractivity contribution in [2.75, 3.05) is 13.7 Å². The lowest BCUT2D eigenvalue weighted by molar-refractivity contribution is -0.123. The van der Waals surface area contributed by atoms with Gasteiger partial charge in [0.1, 0.15) is 16.9 Å². The summed E-state index contributed by atoms with van der Waals surface area (Å²) in [5, 5.41) is 5.62. The number of fused-ring (bicyclic) bond motifs is 1. The first-order valence-electron chi connectivity index (χ1n) is 7.42. The molecule has 0 saturated carbocycles. The molecule has 0 radical (unpaired) electrons. The predicted octanol–water partition coefficient (Wildman–Crippen LogP) is 2.96. The molecule has 0 saturated heterocycles. The average Bonchev–Trinajstić information content (AvgIpc) is 3.09. The van der Waals surface area contributed by atoms with E-state index in [0.717, 1.165) is 21.5 Å². The van der Waals surface area contributed by atoms with Crippen LogP contribution in [-0.4, -0.2) is 29.6 Å². The summed E-state index contributed by atoms with van der Waals surface area (Å²) in [5.74, 6) is 0.929. The van der Waals surface area contributed by atoms with E-state index < -0.39 is 0 Å². The van der Waals surface area contributed by atoms with Crippen LogP contribution < -0.4 is 14.8 Å². The molecule has 3 rings (SSSR count). The Bertz CT molecular complexity index is 850. The van der Waals surface area contributed by atoms with Gasteiger partial charge in [0.25, 0.3) is 5.91 Å². The highest BCUT2D eigenvalue weighted by atomic mass is 32.1. The van der Waals surface area contributed by atoms with Crippen LogP contribution in [0.3, 0.4) is 0 Å². The topological polar surface area (TPSA) is 73.3 Å². The van der Waals surface area contributed by atoms with Gasteiger partial charge in [0.05, 0.1) is 18.5 Å². The molecular weight excluding hydrogens is 326 g/mol. The van der Waals surface area contributed by atoms with Crippen molar-refractivity contribution in [3.8, 4) is 11.6 Å². The van der Waals surface area contributed by atoms with Crippen molar-refractivity contribution in [2.24, 2.45) is 0 Å². The zero-order chi connectivity index (χ0) is 16.9. The van der Waals surface area contributed by atoms with E-state index in [-0.39, 0.29) is 18.6 Å². The number of carbonyl (C=O) groups is 1. The Kier molecular flexibility index (Phi) is 4.90. The molecule has 0 bridgehead atoms. The van der Waals surface area contributed by atoms with E-state index in [1.807, 2.05) is 42.6 Å². The molecule has 0 spiro atoms. The summed E-state index contributed by atoms with van der Waals surface area (Å²) in [6.07, 6.45) is 1.43. The van der Waals surface area contributed by atoms with Gasteiger partial charge in [-0.1, -0.05) is 18.2 Å². The largest absolute Gasteiger partial charge is 0.496 e. The van der Waals surface area contributed by atoms with Gasteiger partial charge in [-0.3, -0.25) is 4.79 Å². The molecule has 1 unspecified atom stereocenters. The van der Waals surface area contributed by atoms with Crippen LogP contribution in [0.25, 0.3) is 10.2 Å². The quantitative estimate of drug-likeness (QED) is 0.745. The van der Waals surface area contributed by atoms with Gasteiger partial charge >= 0.3 is 0 Å². The number of carbonyl (C=O) groups excluding carboxylic acids is 1. The first kappa shape index (κ1) is 16.2. The smallest absolute Gasteiger partial charge is 0.258 e. The van der Waals surface area contributed by atoms with Crippen LogP contribution in [0.2, 0.25) is 0 Å². The molecule has 6 nitrogen and oxygen atoms in total. The van der Waals surface area contributed by atoms with Gasteiger partial charge in [0.15, 0.2) is 6.61 Å². The van der Waals surface area contributed by atoms with Gasteiger partial charge in [-0.15, -0.1) is 11.3 Å². The van der Waals surface area contributed by atoms with E-state index in [2.05, 4.69) is 15.3 Å². The Morgan fingerprint density at radius 2 is 2.12 bits per heavy atom. The van der Waals surface area contributed by atoms with Crippen molar-refractivity contribution in [1.29, 1.82) is 0 Å². The molecule has 7 heteroatoms. The number of rotatable bonds is 6. The number of amides is 1. The van der Waals surface area contributed by atoms with E-state index in [0.29, 0.717) is 5.88 Å². The third-order valence-corrected chi connectivity index (χ3v) is 4.37. The van der Waals surface area contributed by atoms with Gasteiger partial charge in [0, 0.05) is 5.56 Å². The number of methoxy groups -OCH3 is 1. The van der Waals surface area contributed by atoms with E-state index in [1.54, 1.807) is 7.11 Å². The summed E-state index contributed by atoms with van der Waals surface area (Å²) < 4.78 is 10.9. The zero-order valence-corrected chi connectivity index (χ0v) is 14.2. The first-order valence-corrected chi connectivity index (χ1v) is 8.30. The standard InChI is InChI=1S/C17H17N3O3S/c1-11(12-5-3-4-6-14(12)22-2)20-15(21)9-23-16-13-7-8-24-17(13)19-10-18-16/h3-8,10-11H,9H2,1-2H3,(H,20,21). The van der Waals surface area contributed by atoms with Gasteiger partial charge in [0.2, 0.25) is 5.88 Å². The lowest BCUT2D eigenvalue weighted by Gasteiger charge is -2.17. The van der Waals surface area contributed by atoms with Crippen molar-refractivity contribution in [3.05, 3.63) is 47.6 Å². The third kappa shape index (κ3) is 3.46. The molecule has 1 amide bonds. The Balaban J connectivity index is 1.62. The number of hydrogen-bond donors (Lipinski definition) is 1. The van der Waals surface area contributed by atoms with Crippen molar-refractivity contribution in [2.45, 2.75) is 13.0 Å². The fraction of sp³-hybridized carbons (Fsp3) is 0.235. The van der Waals surface area contributed by atoms with Crippen LogP contribution in [0.5, 0.6) is 11.6 Å². The summed E-state index contributed by atoms with van der Waals surface area (Å²) in [6, 6.07) is 9.27. The van der Waals surface area contributed by atoms with Crippen molar-refractivity contribution >= 4 is 27.5 Å². The van der Waals surface area contributed by atoms with E-state index in [1.165, 1.54) is 17.7 Å². The number of benzene rings is 1. The SMILES string of the molecule is COc1ccccc1C(C)NC(=O)COc1ncnc2sccc12. The Hall–Kier alpha value is -2.67. The second kappa shape index (κ2) is 7.27. The molecular formula is C17H17N3O3S. The number of nitrogens with one attached hydrogen (secondary N) is 1. The Morgan fingerprint density at radius 1 is 1.29 bits per heavy atom. The predicted molar refractivity (Wildman–Crippen MR) is 92.5 cm³/mol. The summed E-state index contributed by atoms with van der Waals surface area (Å²) >= 11 is 1.50. The monoisotopic (exact) mass is 343 g/mol. The molecule has 1 N–H and O–H groups in total. The van der Waals surface area contributed by atoms with Crippen LogP contribution in [-0.2, 0) is 4.79 Å². The van der Waals surface area contributed by atoms with E-state index in [9.17, 15) is 4.79 Å². The highest BCUT2D eigenvalue weighted by molar-refractivity contribution is 7.16. The molecule has 2 heterocycles. The maximum atomic E-state index is 12.2. The normalized spacial score (nSPS) is 11.9. The second-order valence-electron chi connectivity index (χ2n) is 5.14. The minimum atomic E-state index is -0.226. The van der Waals surface area contributed by atoms with E-state index >= 15 is 0 Å². The number of hydrogen-bond acceptors (Lipinski definition) is 6. The molecule has 3 aromatic rings. The maximum Gasteiger partial charge on any atom is 0.258 e. The maximum absolute atomic E-state index is 12.2. The molecule has 0 aliphatic rings. The molecule has 124 valence electrons. The van der Waals surface area contributed by atoms with Crippen LogP contribution >= 0.6 is 11.3 Å². The highest BCUT2D eigenvalue weighted by Gasteiger charge is 2.15. The van der Waals surface area contributed by atoms with Crippen LogP contribution in [0, 0.1) is 0 Å². The second-order valence-corrected chi connectivity index (χ2v) is 6.03. The van der Waals surface area contributed by atoms with Gasteiger partial charge in [-0.2, -0.15) is 0 Å². The molecule has 24 heavy (non-hydrogen) atoms. The Morgan fingerprint density at radius 3 is 2.96 bits per heavy atom. The number of nitrogens with zero attached hydrogens (tertiary/aromatic N) is 2. The van der Waals surface area contributed by atoms with Crippen molar-refractivity contribution in [3.63, 3.8) is 0 Å². The lowest BCUT2D eigenvalue weighted by atomic mass is 10.1. The summed E-state index contributed by atoms with van der Waals surface area (Å²) in [6.45, 7) is 1.79. The summed E-state index contributed by atoms with van der Waals surface area (Å²) in [5.41, 5.74) is 0.913. The molecule has 2 aromatic heterocycles. The molecule has 1 atom stereocenters. The van der Waals surface area contributed by atoms with E-state index in [4.69, 9.17) is 9.47 Å². The number of aromatic nitrogens is 2. The number of para-hydroxylation sites is 1. The van der Waals surface area contributed by atoms with Crippen LogP contribution in [0.15, 0.2) is 42.0 Å². The molecule has 0 aliphatic heterocycles. The minimum Gasteiger partial charge on any atom is -0.496 e.